The molecule has 2 aromatic carbocycles. The zero-order valence-electron chi connectivity index (χ0n) is 22.3. The third-order valence-corrected chi connectivity index (χ3v) is 6.20. The maximum atomic E-state index is 12.1. The molecule has 0 atom stereocenters. The number of aromatic hydroxyl groups is 2. The van der Waals surface area contributed by atoms with Crippen molar-refractivity contribution in [2.24, 2.45) is 0 Å². The van der Waals surface area contributed by atoms with Gasteiger partial charge in [-0.05, 0) is 41.8 Å². The van der Waals surface area contributed by atoms with E-state index in [0.717, 1.165) is 11.1 Å². The van der Waals surface area contributed by atoms with Gasteiger partial charge in [-0.25, -0.2) is 4.79 Å². The molecule has 0 fully saturated rings. The molecule has 0 saturated carbocycles. The standard InChI is InChI=1S/C27H39NO8/c1-27(8-9-36-26(31)28(2)3,22-10-18(14-32-4)24(29)19(11-22)15-33-5)23-12-20(16-34-6)25(30)21(13-23)17-35-7/h10-13,29-30H,8-9,14-17H2,1-7H3. The lowest BCUT2D eigenvalue weighted by molar-refractivity contribution is 0.112. The van der Waals surface area contributed by atoms with E-state index in [1.165, 1.54) is 4.90 Å². The molecule has 2 rings (SSSR count). The fourth-order valence-electron chi connectivity index (χ4n) is 4.15. The summed E-state index contributed by atoms with van der Waals surface area (Å²) >= 11 is 0. The third-order valence-electron chi connectivity index (χ3n) is 6.20. The summed E-state index contributed by atoms with van der Waals surface area (Å²) in [5, 5.41) is 21.6. The number of carbonyl (C=O) groups is 1. The molecular weight excluding hydrogens is 466 g/mol. The number of hydrogen-bond acceptors (Lipinski definition) is 8. The van der Waals surface area contributed by atoms with Crippen LogP contribution in [0.15, 0.2) is 24.3 Å². The van der Waals surface area contributed by atoms with Crippen LogP contribution in [-0.2, 0) is 55.5 Å². The number of phenols is 2. The molecule has 9 heteroatoms. The highest BCUT2D eigenvalue weighted by molar-refractivity contribution is 5.66. The number of amides is 1. The first-order chi connectivity index (χ1) is 17.1. The van der Waals surface area contributed by atoms with Crippen LogP contribution in [0.2, 0.25) is 0 Å². The monoisotopic (exact) mass is 505 g/mol. The predicted molar refractivity (Wildman–Crippen MR) is 135 cm³/mol. The summed E-state index contributed by atoms with van der Waals surface area (Å²) in [6, 6.07) is 7.57. The van der Waals surface area contributed by atoms with Gasteiger partial charge < -0.3 is 38.8 Å². The largest absolute Gasteiger partial charge is 0.507 e. The van der Waals surface area contributed by atoms with Gasteiger partial charge in [0.15, 0.2) is 0 Å². The van der Waals surface area contributed by atoms with Gasteiger partial charge in [0.1, 0.15) is 11.5 Å². The summed E-state index contributed by atoms with van der Waals surface area (Å²) in [7, 11) is 9.52. The average molecular weight is 506 g/mol. The summed E-state index contributed by atoms with van der Waals surface area (Å²) in [5.74, 6) is 0.240. The number of nitrogens with zero attached hydrogens (tertiary/aromatic N) is 1. The molecule has 36 heavy (non-hydrogen) atoms. The lowest BCUT2D eigenvalue weighted by Crippen LogP contribution is -2.29. The van der Waals surface area contributed by atoms with Crippen LogP contribution in [0.4, 0.5) is 4.79 Å². The Balaban J connectivity index is 2.74. The highest BCUT2D eigenvalue weighted by Gasteiger charge is 2.33. The summed E-state index contributed by atoms with van der Waals surface area (Å²) in [6.07, 6.45) is -0.00569. The molecule has 0 bridgehead atoms. The molecule has 0 aliphatic heterocycles. The van der Waals surface area contributed by atoms with Gasteiger partial charge in [0.05, 0.1) is 33.0 Å². The third kappa shape index (κ3) is 6.88. The minimum absolute atomic E-state index is 0.120. The van der Waals surface area contributed by atoms with Crippen molar-refractivity contribution < 1.29 is 38.7 Å². The van der Waals surface area contributed by atoms with Crippen molar-refractivity contribution in [2.45, 2.75) is 45.2 Å². The minimum Gasteiger partial charge on any atom is -0.507 e. The van der Waals surface area contributed by atoms with Crippen molar-refractivity contribution >= 4 is 6.09 Å². The maximum absolute atomic E-state index is 12.1. The van der Waals surface area contributed by atoms with Gasteiger partial charge >= 0.3 is 6.09 Å². The average Bonchev–Trinajstić information content (AvgIpc) is 2.84. The number of benzene rings is 2. The second-order valence-corrected chi connectivity index (χ2v) is 9.11. The molecule has 0 aliphatic carbocycles. The van der Waals surface area contributed by atoms with Crippen LogP contribution in [-0.4, -0.2) is 70.3 Å². The fraction of sp³-hybridized carbons (Fsp3) is 0.519. The molecule has 0 unspecified atom stereocenters. The Bertz CT molecular complexity index is 901. The Hall–Kier alpha value is -2.85. The molecule has 0 saturated heterocycles. The van der Waals surface area contributed by atoms with Crippen LogP contribution in [0.3, 0.4) is 0 Å². The predicted octanol–water partition coefficient (Wildman–Crippen LogP) is 4.08. The first kappa shape index (κ1) is 29.4. The first-order valence-corrected chi connectivity index (χ1v) is 11.6. The molecule has 2 N–H and O–H groups in total. The van der Waals surface area contributed by atoms with E-state index < -0.39 is 11.5 Å². The summed E-state index contributed by atoms with van der Waals surface area (Å²) < 4.78 is 26.8. The molecule has 200 valence electrons. The van der Waals surface area contributed by atoms with Gasteiger partial charge in [0, 0.05) is 70.2 Å². The molecule has 0 aliphatic rings. The fourth-order valence-corrected chi connectivity index (χ4v) is 4.15. The molecule has 0 aromatic heterocycles. The maximum Gasteiger partial charge on any atom is 0.409 e. The Kier molecular flexibility index (Phi) is 11.0. The second kappa shape index (κ2) is 13.5. The summed E-state index contributed by atoms with van der Waals surface area (Å²) in [5.41, 5.74) is 3.52. The number of methoxy groups -OCH3 is 4. The van der Waals surface area contributed by atoms with Gasteiger partial charge in [0.25, 0.3) is 0 Å². The summed E-state index contributed by atoms with van der Waals surface area (Å²) in [6.45, 7) is 3.02. The van der Waals surface area contributed by atoms with Crippen molar-refractivity contribution in [3.8, 4) is 11.5 Å². The smallest absolute Gasteiger partial charge is 0.409 e. The van der Waals surface area contributed by atoms with Gasteiger partial charge in [-0.3, -0.25) is 0 Å². The lowest BCUT2D eigenvalue weighted by atomic mass is 9.72. The van der Waals surface area contributed by atoms with Gasteiger partial charge in [-0.15, -0.1) is 0 Å². The normalized spacial score (nSPS) is 11.5. The van der Waals surface area contributed by atoms with E-state index in [0.29, 0.717) is 28.7 Å². The zero-order chi connectivity index (χ0) is 26.9. The van der Waals surface area contributed by atoms with Crippen molar-refractivity contribution in [1.82, 2.24) is 4.90 Å². The van der Waals surface area contributed by atoms with Crippen LogP contribution in [0, 0.1) is 0 Å². The highest BCUT2D eigenvalue weighted by atomic mass is 16.6. The van der Waals surface area contributed by atoms with Crippen LogP contribution in [0.5, 0.6) is 11.5 Å². The van der Waals surface area contributed by atoms with Crippen LogP contribution in [0.1, 0.15) is 46.7 Å². The van der Waals surface area contributed by atoms with Crippen LogP contribution in [0.25, 0.3) is 0 Å². The molecule has 0 radical (unpaired) electrons. The number of ether oxygens (including phenoxy) is 5. The Morgan fingerprint density at radius 3 is 1.36 bits per heavy atom. The van der Waals surface area contributed by atoms with Crippen molar-refractivity contribution in [3.05, 3.63) is 57.6 Å². The van der Waals surface area contributed by atoms with E-state index in [2.05, 4.69) is 0 Å². The van der Waals surface area contributed by atoms with Crippen LogP contribution >= 0.6 is 0 Å². The second-order valence-electron chi connectivity index (χ2n) is 9.11. The molecule has 0 heterocycles. The molecular formula is C27H39NO8. The Labute approximate surface area is 213 Å². The lowest BCUT2D eigenvalue weighted by Gasteiger charge is -2.33. The van der Waals surface area contributed by atoms with Gasteiger partial charge in [-0.2, -0.15) is 0 Å². The van der Waals surface area contributed by atoms with E-state index in [1.54, 1.807) is 42.5 Å². The Morgan fingerprint density at radius 2 is 1.08 bits per heavy atom. The highest BCUT2D eigenvalue weighted by Crippen LogP contribution is 2.41. The molecule has 0 spiro atoms. The first-order valence-electron chi connectivity index (χ1n) is 11.6. The summed E-state index contributed by atoms with van der Waals surface area (Å²) in [4.78, 5) is 13.5. The number of phenolic OH excluding ortho intramolecular Hbond substituents is 2. The van der Waals surface area contributed by atoms with Crippen molar-refractivity contribution in [3.63, 3.8) is 0 Å². The van der Waals surface area contributed by atoms with Crippen LogP contribution < -0.4 is 0 Å². The molecule has 1 amide bonds. The topological polar surface area (TPSA) is 107 Å². The quantitative estimate of drug-likeness (QED) is 0.419. The number of hydrogen-bond donors (Lipinski definition) is 2. The number of carbonyl (C=O) groups excluding carboxylic acids is 1. The van der Waals surface area contributed by atoms with E-state index in [9.17, 15) is 15.0 Å². The van der Waals surface area contributed by atoms with Gasteiger partial charge in [0.2, 0.25) is 0 Å². The van der Waals surface area contributed by atoms with Crippen molar-refractivity contribution in [1.29, 1.82) is 0 Å². The van der Waals surface area contributed by atoms with E-state index >= 15 is 0 Å². The minimum atomic E-state index is -0.691. The molecule has 9 nitrogen and oxygen atoms in total. The van der Waals surface area contributed by atoms with E-state index in [-0.39, 0.29) is 44.5 Å². The Morgan fingerprint density at radius 1 is 0.750 bits per heavy atom. The van der Waals surface area contributed by atoms with Crippen molar-refractivity contribution in [2.75, 3.05) is 49.1 Å². The van der Waals surface area contributed by atoms with E-state index in [1.807, 2.05) is 31.2 Å². The zero-order valence-corrected chi connectivity index (χ0v) is 22.3. The van der Waals surface area contributed by atoms with E-state index in [4.69, 9.17) is 23.7 Å². The molecule has 2 aromatic rings. The SMILES string of the molecule is COCc1cc(C(C)(CCOC(=O)N(C)C)c2cc(COC)c(O)c(COC)c2)cc(COC)c1O. The number of rotatable bonds is 13. The van der Waals surface area contributed by atoms with Gasteiger partial charge in [-0.1, -0.05) is 6.92 Å².